The molecular weight excluding hydrogens is 388 g/mol. The largest absolute Gasteiger partial charge is 0.306 e. The summed E-state index contributed by atoms with van der Waals surface area (Å²) < 4.78 is 29.5. The maximum atomic E-state index is 12.5. The number of sulfonamides is 1. The van der Waals surface area contributed by atoms with Gasteiger partial charge in [0.15, 0.2) is 15.9 Å². The van der Waals surface area contributed by atoms with Crippen molar-refractivity contribution in [2.45, 2.75) is 5.03 Å². The Bertz CT molecular complexity index is 866. The zero-order valence-corrected chi connectivity index (χ0v) is 13.6. The van der Waals surface area contributed by atoms with Gasteiger partial charge in [0.1, 0.15) is 0 Å². The zero-order chi connectivity index (χ0) is 14.3. The van der Waals surface area contributed by atoms with Crippen molar-refractivity contribution in [3.05, 3.63) is 21.6 Å². The first-order chi connectivity index (χ1) is 9.51. The van der Waals surface area contributed by atoms with Gasteiger partial charge in [-0.05, 0) is 15.9 Å². The molecule has 106 valence electrons. The van der Waals surface area contributed by atoms with E-state index >= 15 is 0 Å². The third-order valence-electron chi connectivity index (χ3n) is 2.31. The van der Waals surface area contributed by atoms with Crippen molar-refractivity contribution in [3.8, 4) is 0 Å². The number of halogens is 1. The Labute approximate surface area is 129 Å². The average Bonchev–Trinajstić information content (AvgIpc) is 3.02. The van der Waals surface area contributed by atoms with Crippen LogP contribution in [0.4, 0.5) is 10.9 Å². The SMILES string of the molecule is NNc1nc2sccn2c1S(=O)(=O)Nc1ncc(Br)s1. The quantitative estimate of drug-likeness (QED) is 0.458. The van der Waals surface area contributed by atoms with Crippen molar-refractivity contribution in [3.63, 3.8) is 0 Å². The number of hydrogen-bond donors (Lipinski definition) is 3. The minimum atomic E-state index is -3.85. The van der Waals surface area contributed by atoms with Crippen LogP contribution in [0.3, 0.4) is 0 Å². The Morgan fingerprint density at radius 1 is 1.45 bits per heavy atom. The first kappa shape index (κ1) is 13.8. The molecule has 0 unspecified atom stereocenters. The highest BCUT2D eigenvalue weighted by Crippen LogP contribution is 2.29. The summed E-state index contributed by atoms with van der Waals surface area (Å²) in [7, 11) is -3.85. The van der Waals surface area contributed by atoms with E-state index in [1.54, 1.807) is 11.6 Å². The lowest BCUT2D eigenvalue weighted by Gasteiger charge is -2.05. The topological polar surface area (TPSA) is 114 Å². The van der Waals surface area contributed by atoms with Gasteiger partial charge in [0, 0.05) is 11.6 Å². The molecule has 0 aliphatic heterocycles. The fourth-order valence-corrected chi connectivity index (χ4v) is 4.95. The summed E-state index contributed by atoms with van der Waals surface area (Å²) in [5.41, 5.74) is 2.30. The predicted molar refractivity (Wildman–Crippen MR) is 81.5 cm³/mol. The summed E-state index contributed by atoms with van der Waals surface area (Å²) in [6.07, 6.45) is 3.13. The monoisotopic (exact) mass is 394 g/mol. The average molecular weight is 395 g/mol. The number of nitrogen functional groups attached to an aromatic ring is 1. The number of fused-ring (bicyclic) bond motifs is 1. The molecule has 12 heteroatoms. The Morgan fingerprint density at radius 2 is 2.25 bits per heavy atom. The molecule has 0 aliphatic rings. The van der Waals surface area contributed by atoms with Gasteiger partial charge in [0.2, 0.25) is 5.03 Å². The number of rotatable bonds is 4. The van der Waals surface area contributed by atoms with Crippen LogP contribution in [0.15, 0.2) is 26.6 Å². The van der Waals surface area contributed by atoms with Crippen LogP contribution >= 0.6 is 38.6 Å². The Morgan fingerprint density at radius 3 is 2.90 bits per heavy atom. The van der Waals surface area contributed by atoms with Gasteiger partial charge in [0.25, 0.3) is 10.0 Å². The molecule has 3 heterocycles. The second kappa shape index (κ2) is 4.96. The van der Waals surface area contributed by atoms with Crippen molar-refractivity contribution in [1.82, 2.24) is 14.4 Å². The Balaban J connectivity index is 2.10. The lowest BCUT2D eigenvalue weighted by atomic mass is 10.7. The van der Waals surface area contributed by atoms with Crippen LogP contribution in [-0.2, 0) is 10.0 Å². The molecule has 0 aromatic carbocycles. The van der Waals surface area contributed by atoms with Gasteiger partial charge in [0.05, 0.1) is 9.98 Å². The smallest absolute Gasteiger partial charge is 0.283 e. The fraction of sp³-hybridized carbons (Fsp3) is 0. The molecule has 4 N–H and O–H groups in total. The number of hydrogen-bond acceptors (Lipinski definition) is 8. The fourth-order valence-electron chi connectivity index (χ4n) is 1.58. The third kappa shape index (κ3) is 2.29. The second-order valence-electron chi connectivity index (χ2n) is 3.54. The van der Waals surface area contributed by atoms with E-state index in [4.69, 9.17) is 5.84 Å². The minimum Gasteiger partial charge on any atom is -0.306 e. The van der Waals surface area contributed by atoms with Crippen LogP contribution in [-0.4, -0.2) is 22.8 Å². The molecule has 0 bridgehead atoms. The number of nitrogens with two attached hydrogens (primary N) is 1. The molecule has 3 aromatic heterocycles. The molecular formula is C8H7BrN6O2S3. The van der Waals surface area contributed by atoms with E-state index < -0.39 is 10.0 Å². The number of hydrazine groups is 1. The van der Waals surface area contributed by atoms with E-state index in [1.165, 1.54) is 33.3 Å². The normalized spacial score (nSPS) is 11.9. The molecule has 0 saturated carbocycles. The Kier molecular flexibility index (Phi) is 3.41. The van der Waals surface area contributed by atoms with Gasteiger partial charge in [-0.25, -0.2) is 10.8 Å². The van der Waals surface area contributed by atoms with Gasteiger partial charge in [-0.2, -0.15) is 13.4 Å². The number of aromatic nitrogens is 3. The van der Waals surface area contributed by atoms with Crippen LogP contribution in [0.5, 0.6) is 0 Å². The van der Waals surface area contributed by atoms with Gasteiger partial charge in [-0.15, -0.1) is 11.3 Å². The molecule has 3 rings (SSSR count). The molecule has 3 aromatic rings. The summed E-state index contributed by atoms with van der Waals surface area (Å²) in [6, 6.07) is 0. The van der Waals surface area contributed by atoms with Crippen molar-refractivity contribution in [1.29, 1.82) is 0 Å². The van der Waals surface area contributed by atoms with E-state index in [0.29, 0.717) is 4.96 Å². The van der Waals surface area contributed by atoms with Crippen molar-refractivity contribution >= 4 is 64.5 Å². The van der Waals surface area contributed by atoms with E-state index in [9.17, 15) is 8.42 Å². The molecule has 0 spiro atoms. The van der Waals surface area contributed by atoms with Crippen LogP contribution in [0.2, 0.25) is 0 Å². The summed E-state index contributed by atoms with van der Waals surface area (Å²) in [5, 5.41) is 1.94. The van der Waals surface area contributed by atoms with Gasteiger partial charge in [-0.1, -0.05) is 11.3 Å². The second-order valence-corrected chi connectivity index (χ2v) is 8.42. The highest BCUT2D eigenvalue weighted by Gasteiger charge is 2.26. The van der Waals surface area contributed by atoms with Gasteiger partial charge in [-0.3, -0.25) is 9.12 Å². The van der Waals surface area contributed by atoms with Crippen LogP contribution in [0.1, 0.15) is 0 Å². The highest BCUT2D eigenvalue weighted by molar-refractivity contribution is 9.11. The lowest BCUT2D eigenvalue weighted by Crippen LogP contribution is -2.18. The highest BCUT2D eigenvalue weighted by atomic mass is 79.9. The first-order valence-corrected chi connectivity index (χ1v) is 9.05. The van der Waals surface area contributed by atoms with Crippen LogP contribution < -0.4 is 16.0 Å². The minimum absolute atomic E-state index is 0.0532. The molecule has 0 aliphatic carbocycles. The number of thiazole rings is 2. The van der Waals surface area contributed by atoms with E-state index in [0.717, 1.165) is 3.79 Å². The van der Waals surface area contributed by atoms with E-state index in [2.05, 4.69) is 36.0 Å². The van der Waals surface area contributed by atoms with Crippen molar-refractivity contribution in [2.75, 3.05) is 10.1 Å². The van der Waals surface area contributed by atoms with Gasteiger partial charge >= 0.3 is 0 Å². The number of nitrogens with zero attached hydrogens (tertiary/aromatic N) is 3. The van der Waals surface area contributed by atoms with Crippen molar-refractivity contribution in [2.24, 2.45) is 5.84 Å². The summed E-state index contributed by atoms with van der Waals surface area (Å²) >= 11 is 5.70. The molecule has 0 fully saturated rings. The van der Waals surface area contributed by atoms with Crippen molar-refractivity contribution < 1.29 is 8.42 Å². The molecule has 8 nitrogen and oxygen atoms in total. The zero-order valence-electron chi connectivity index (χ0n) is 9.57. The van der Waals surface area contributed by atoms with E-state index in [-0.39, 0.29) is 16.0 Å². The summed E-state index contributed by atoms with van der Waals surface area (Å²) in [6.45, 7) is 0. The maximum Gasteiger partial charge on any atom is 0.283 e. The predicted octanol–water partition coefficient (Wildman–Crippen LogP) is 1.70. The first-order valence-electron chi connectivity index (χ1n) is 5.07. The summed E-state index contributed by atoms with van der Waals surface area (Å²) in [5.74, 6) is 5.42. The standard InChI is InChI=1S/C8H7BrN6O2S3/c9-4-3-11-7(19-4)14-20(16,17)6-5(13-10)12-8-15(6)1-2-18-8/h1-3,13H,10H2,(H,11,14). The lowest BCUT2D eigenvalue weighted by molar-refractivity contribution is 0.597. The summed E-state index contributed by atoms with van der Waals surface area (Å²) in [4.78, 5) is 8.57. The Hall–Kier alpha value is -1.21. The number of imidazole rings is 1. The van der Waals surface area contributed by atoms with E-state index in [1.807, 2.05) is 0 Å². The number of anilines is 2. The van der Waals surface area contributed by atoms with Gasteiger partial charge < -0.3 is 5.43 Å². The molecule has 0 amide bonds. The maximum absolute atomic E-state index is 12.5. The molecule has 0 saturated heterocycles. The molecule has 0 radical (unpaired) electrons. The van der Waals surface area contributed by atoms with Crippen LogP contribution in [0, 0.1) is 0 Å². The van der Waals surface area contributed by atoms with Crippen LogP contribution in [0.25, 0.3) is 4.96 Å². The third-order valence-corrected chi connectivity index (χ3v) is 5.95. The molecule has 0 atom stereocenters. The number of nitrogens with one attached hydrogen (secondary N) is 2. The molecule has 20 heavy (non-hydrogen) atoms.